The van der Waals surface area contributed by atoms with Crippen molar-refractivity contribution in [2.24, 2.45) is 0 Å². The van der Waals surface area contributed by atoms with Crippen LogP contribution in [0.3, 0.4) is 0 Å². The van der Waals surface area contributed by atoms with E-state index in [9.17, 15) is 14.9 Å². The molecule has 2 atom stereocenters. The minimum atomic E-state index is -0.946. The molecule has 0 spiro atoms. The van der Waals surface area contributed by atoms with Gasteiger partial charge in [-0.3, -0.25) is 4.79 Å². The first-order valence-corrected chi connectivity index (χ1v) is 7.23. The number of aromatic nitrogens is 1. The van der Waals surface area contributed by atoms with Crippen LogP contribution in [0.5, 0.6) is 5.88 Å². The molecule has 2 N–H and O–H groups in total. The number of carboxylic acids is 1. The van der Waals surface area contributed by atoms with Crippen LogP contribution in [-0.2, 0) is 4.79 Å². The summed E-state index contributed by atoms with van der Waals surface area (Å²) in [7, 11) is -0.820. The lowest BCUT2D eigenvalue weighted by atomic mass is 9.84. The maximum absolute atomic E-state index is 11.3. The number of rotatable bonds is 4. The van der Waals surface area contributed by atoms with E-state index >= 15 is 0 Å². The van der Waals surface area contributed by atoms with Crippen LogP contribution < -0.4 is 4.74 Å². The van der Waals surface area contributed by atoms with E-state index in [1.165, 1.54) is 4.81 Å². The fraction of sp³-hybridized carbons (Fsp3) is 0.333. The number of pyridine rings is 1. The first-order valence-electron chi connectivity index (χ1n) is 7.23. The van der Waals surface area contributed by atoms with Crippen LogP contribution in [0.15, 0.2) is 36.4 Å². The first-order chi connectivity index (χ1) is 10.5. The largest absolute Gasteiger partial charge is 0.480 e. The summed E-state index contributed by atoms with van der Waals surface area (Å²) in [5, 5.41) is 19.9. The predicted octanol–water partition coefficient (Wildman–Crippen LogP) is 1.25. The Morgan fingerprint density at radius 3 is 2.82 bits per heavy atom. The minimum absolute atomic E-state index is 0.302. The van der Waals surface area contributed by atoms with Crippen LogP contribution in [0, 0.1) is 0 Å². The Balaban J connectivity index is 1.76. The van der Waals surface area contributed by atoms with E-state index in [0.29, 0.717) is 18.8 Å². The van der Waals surface area contributed by atoms with Crippen LogP contribution in [0.25, 0.3) is 10.9 Å². The molecule has 114 valence electrons. The van der Waals surface area contributed by atoms with E-state index in [4.69, 9.17) is 4.74 Å². The third kappa shape index (κ3) is 2.91. The average Bonchev–Trinajstić information content (AvgIpc) is 2.91. The normalized spacial score (nSPS) is 21.9. The Hall–Kier alpha value is -2.12. The standard InChI is InChI=1S/C15H17BN2O4/c1-16(21)18-9-11(8-13(18)15(19)20)22-14-7-6-10-4-2-3-5-12(10)17-14/h2-7,11,13,21H,8-9H2,1H3,(H,19,20)/t11-,13+/m1/s1. The number of ether oxygens (including phenoxy) is 1. The topological polar surface area (TPSA) is 82.9 Å². The van der Waals surface area contributed by atoms with Crippen molar-refractivity contribution in [2.45, 2.75) is 25.4 Å². The summed E-state index contributed by atoms with van der Waals surface area (Å²) >= 11 is 0. The molecule has 1 aromatic heterocycles. The predicted molar refractivity (Wildman–Crippen MR) is 82.7 cm³/mol. The second-order valence-corrected chi connectivity index (χ2v) is 5.50. The lowest BCUT2D eigenvalue weighted by Crippen LogP contribution is -2.45. The van der Waals surface area contributed by atoms with Gasteiger partial charge in [0.05, 0.1) is 5.52 Å². The van der Waals surface area contributed by atoms with E-state index in [2.05, 4.69) is 4.98 Å². The number of para-hydroxylation sites is 1. The van der Waals surface area contributed by atoms with Crippen LogP contribution >= 0.6 is 0 Å². The third-order valence-electron chi connectivity index (χ3n) is 3.93. The van der Waals surface area contributed by atoms with Gasteiger partial charge in [0, 0.05) is 24.4 Å². The van der Waals surface area contributed by atoms with Crippen molar-refractivity contribution in [3.8, 4) is 5.88 Å². The third-order valence-corrected chi connectivity index (χ3v) is 3.93. The summed E-state index contributed by atoms with van der Waals surface area (Å²) in [5.41, 5.74) is 0.833. The summed E-state index contributed by atoms with van der Waals surface area (Å²) in [6.45, 7) is 1.93. The number of carboxylic acid groups (broad SMARTS) is 1. The highest BCUT2D eigenvalue weighted by Crippen LogP contribution is 2.24. The lowest BCUT2D eigenvalue weighted by Gasteiger charge is -2.20. The van der Waals surface area contributed by atoms with Crippen LogP contribution in [-0.4, -0.2) is 51.6 Å². The minimum Gasteiger partial charge on any atom is -0.480 e. The lowest BCUT2D eigenvalue weighted by molar-refractivity contribution is -0.141. The Labute approximate surface area is 128 Å². The molecular weight excluding hydrogens is 283 g/mol. The second-order valence-electron chi connectivity index (χ2n) is 5.50. The summed E-state index contributed by atoms with van der Waals surface area (Å²) in [5.74, 6) is -0.473. The number of aliphatic carboxylic acids is 1. The Bertz CT molecular complexity index is 694. The zero-order valence-corrected chi connectivity index (χ0v) is 12.2. The molecule has 0 unspecified atom stereocenters. The molecule has 7 heteroatoms. The Kier molecular flexibility index (Phi) is 4.00. The van der Waals surface area contributed by atoms with Gasteiger partial charge in [0.25, 0.3) is 0 Å². The van der Waals surface area contributed by atoms with Crippen molar-refractivity contribution in [3.05, 3.63) is 36.4 Å². The molecule has 0 bridgehead atoms. The molecule has 0 amide bonds. The molecule has 0 saturated carbocycles. The van der Waals surface area contributed by atoms with E-state index in [1.807, 2.05) is 30.3 Å². The van der Waals surface area contributed by atoms with Crippen molar-refractivity contribution in [1.82, 2.24) is 9.79 Å². The van der Waals surface area contributed by atoms with Gasteiger partial charge in [-0.2, -0.15) is 0 Å². The van der Waals surface area contributed by atoms with E-state index in [1.54, 1.807) is 12.9 Å². The van der Waals surface area contributed by atoms with Crippen LogP contribution in [0.1, 0.15) is 6.42 Å². The zero-order valence-electron chi connectivity index (χ0n) is 12.2. The smallest absolute Gasteiger partial charge is 0.377 e. The fourth-order valence-electron chi connectivity index (χ4n) is 2.85. The summed E-state index contributed by atoms with van der Waals surface area (Å²) in [4.78, 5) is 17.2. The molecule has 1 fully saturated rings. The fourth-order valence-corrected chi connectivity index (χ4v) is 2.85. The molecule has 2 aromatic rings. The summed E-state index contributed by atoms with van der Waals surface area (Å²) in [6.07, 6.45) is 0.0266. The number of hydrogen-bond acceptors (Lipinski definition) is 5. The Morgan fingerprint density at radius 1 is 1.36 bits per heavy atom. The maximum atomic E-state index is 11.3. The van der Waals surface area contributed by atoms with Gasteiger partial charge in [0.15, 0.2) is 0 Å². The van der Waals surface area contributed by atoms with Crippen molar-refractivity contribution in [2.75, 3.05) is 6.54 Å². The van der Waals surface area contributed by atoms with Crippen LogP contribution in [0.4, 0.5) is 0 Å². The van der Waals surface area contributed by atoms with Gasteiger partial charge in [-0.25, -0.2) is 4.98 Å². The van der Waals surface area contributed by atoms with Gasteiger partial charge < -0.3 is 19.7 Å². The van der Waals surface area contributed by atoms with Gasteiger partial charge in [0.2, 0.25) is 5.88 Å². The molecule has 22 heavy (non-hydrogen) atoms. The monoisotopic (exact) mass is 300 g/mol. The molecule has 2 heterocycles. The number of fused-ring (bicyclic) bond motifs is 1. The first kappa shape index (κ1) is 14.8. The van der Waals surface area contributed by atoms with Crippen molar-refractivity contribution in [1.29, 1.82) is 0 Å². The number of hydrogen-bond donors (Lipinski definition) is 2. The molecule has 1 saturated heterocycles. The van der Waals surface area contributed by atoms with E-state index < -0.39 is 19.1 Å². The molecule has 0 aliphatic carbocycles. The highest BCUT2D eigenvalue weighted by atomic mass is 16.5. The SMILES string of the molecule is CB(O)N1C[C@H](Oc2ccc3ccccc3n2)C[C@H]1C(=O)O. The molecule has 0 radical (unpaired) electrons. The molecule has 6 nitrogen and oxygen atoms in total. The average molecular weight is 300 g/mol. The second kappa shape index (κ2) is 5.94. The number of benzene rings is 1. The zero-order chi connectivity index (χ0) is 15.7. The van der Waals surface area contributed by atoms with Crippen LogP contribution in [0.2, 0.25) is 6.82 Å². The highest BCUT2D eigenvalue weighted by Gasteiger charge is 2.41. The Morgan fingerprint density at radius 2 is 2.14 bits per heavy atom. The van der Waals surface area contributed by atoms with Crippen molar-refractivity contribution < 1.29 is 19.7 Å². The molecule has 1 aliphatic heterocycles. The van der Waals surface area contributed by atoms with Gasteiger partial charge >= 0.3 is 13.0 Å². The van der Waals surface area contributed by atoms with E-state index in [-0.39, 0.29) is 6.10 Å². The van der Waals surface area contributed by atoms with E-state index in [0.717, 1.165) is 10.9 Å². The summed E-state index contributed by atoms with van der Waals surface area (Å²) < 4.78 is 5.82. The quantitative estimate of drug-likeness (QED) is 0.827. The maximum Gasteiger partial charge on any atom is 0.377 e. The molecule has 1 aromatic carbocycles. The van der Waals surface area contributed by atoms with Crippen molar-refractivity contribution in [3.63, 3.8) is 0 Å². The van der Waals surface area contributed by atoms with Crippen molar-refractivity contribution >= 4 is 23.9 Å². The number of carbonyl (C=O) groups is 1. The molecular formula is C15H17BN2O4. The van der Waals surface area contributed by atoms with Gasteiger partial charge in [-0.1, -0.05) is 18.2 Å². The number of nitrogens with zero attached hydrogens (tertiary/aromatic N) is 2. The molecule has 3 rings (SSSR count). The van der Waals surface area contributed by atoms with Gasteiger partial charge in [0.1, 0.15) is 12.1 Å². The molecule has 1 aliphatic rings. The van der Waals surface area contributed by atoms with Gasteiger partial charge in [-0.15, -0.1) is 0 Å². The highest BCUT2D eigenvalue weighted by molar-refractivity contribution is 6.45. The summed E-state index contributed by atoms with van der Waals surface area (Å²) in [6, 6.07) is 10.7. The van der Waals surface area contributed by atoms with Gasteiger partial charge in [-0.05, 0) is 19.0 Å².